The molecule has 0 saturated carbocycles. The van der Waals surface area contributed by atoms with Gasteiger partial charge in [-0.05, 0) is 26.0 Å². The van der Waals surface area contributed by atoms with Crippen molar-refractivity contribution in [2.45, 2.75) is 33.2 Å². The number of carbonyl (C=O) groups excluding carboxylic acids is 2. The van der Waals surface area contributed by atoms with E-state index in [1.807, 2.05) is 38.1 Å². The number of nitrogens with zero attached hydrogens (tertiary/aromatic N) is 2. The maximum absolute atomic E-state index is 12.2. The Bertz CT molecular complexity index is 568. The first-order valence-corrected chi connectivity index (χ1v) is 8.48. The Balaban J connectivity index is 2.15. The van der Waals surface area contributed by atoms with Crippen molar-refractivity contribution in [2.75, 3.05) is 42.6 Å². The number of anilines is 2. The van der Waals surface area contributed by atoms with E-state index in [2.05, 4.69) is 10.2 Å². The monoisotopic (exact) mass is 333 g/mol. The minimum atomic E-state index is -0.0620. The van der Waals surface area contributed by atoms with Gasteiger partial charge in [-0.2, -0.15) is 0 Å². The molecule has 1 heterocycles. The predicted molar refractivity (Wildman–Crippen MR) is 95.4 cm³/mol. The molecule has 1 N–H and O–H groups in total. The number of para-hydroxylation sites is 2. The lowest BCUT2D eigenvalue weighted by Crippen LogP contribution is -2.39. The zero-order chi connectivity index (χ0) is 17.5. The van der Waals surface area contributed by atoms with E-state index >= 15 is 0 Å². The highest BCUT2D eigenvalue weighted by Crippen LogP contribution is 2.30. The highest BCUT2D eigenvalue weighted by Gasteiger charge is 2.21. The van der Waals surface area contributed by atoms with E-state index in [1.165, 1.54) is 6.92 Å². The van der Waals surface area contributed by atoms with Gasteiger partial charge in [0.1, 0.15) is 0 Å². The molecule has 24 heavy (non-hydrogen) atoms. The molecular weight excluding hydrogens is 306 g/mol. The van der Waals surface area contributed by atoms with Crippen LogP contribution in [0.3, 0.4) is 0 Å². The number of hydrogen-bond acceptors (Lipinski definition) is 4. The zero-order valence-corrected chi connectivity index (χ0v) is 14.7. The van der Waals surface area contributed by atoms with Crippen LogP contribution in [0.2, 0.25) is 0 Å². The number of hydrogen-bond donors (Lipinski definition) is 1. The van der Waals surface area contributed by atoms with Crippen LogP contribution < -0.4 is 15.1 Å². The molecule has 6 nitrogen and oxygen atoms in total. The van der Waals surface area contributed by atoms with Crippen molar-refractivity contribution in [3.8, 4) is 0 Å². The minimum Gasteiger partial charge on any atom is -0.378 e. The van der Waals surface area contributed by atoms with Gasteiger partial charge in [0.2, 0.25) is 11.8 Å². The average molecular weight is 333 g/mol. The van der Waals surface area contributed by atoms with Crippen molar-refractivity contribution in [2.24, 2.45) is 0 Å². The van der Waals surface area contributed by atoms with E-state index in [1.54, 1.807) is 4.90 Å². The van der Waals surface area contributed by atoms with Crippen molar-refractivity contribution in [3.05, 3.63) is 24.3 Å². The average Bonchev–Trinajstić information content (AvgIpc) is 2.55. The van der Waals surface area contributed by atoms with Crippen molar-refractivity contribution in [3.63, 3.8) is 0 Å². The van der Waals surface area contributed by atoms with E-state index in [4.69, 9.17) is 4.74 Å². The second kappa shape index (κ2) is 8.68. The van der Waals surface area contributed by atoms with Crippen molar-refractivity contribution >= 4 is 23.2 Å². The summed E-state index contributed by atoms with van der Waals surface area (Å²) in [6.45, 7) is 8.73. The molecule has 2 amide bonds. The molecule has 1 aromatic carbocycles. The lowest BCUT2D eigenvalue weighted by atomic mass is 10.2. The van der Waals surface area contributed by atoms with E-state index in [9.17, 15) is 9.59 Å². The van der Waals surface area contributed by atoms with Crippen molar-refractivity contribution in [1.82, 2.24) is 5.32 Å². The molecule has 0 atom stereocenters. The molecule has 6 heteroatoms. The predicted octanol–water partition coefficient (Wildman–Crippen LogP) is 1.79. The summed E-state index contributed by atoms with van der Waals surface area (Å²) in [5, 5.41) is 2.86. The summed E-state index contributed by atoms with van der Waals surface area (Å²) < 4.78 is 5.41. The van der Waals surface area contributed by atoms with Crippen LogP contribution in [0.1, 0.15) is 27.2 Å². The lowest BCUT2D eigenvalue weighted by Gasteiger charge is -2.33. The summed E-state index contributed by atoms with van der Waals surface area (Å²) >= 11 is 0. The van der Waals surface area contributed by atoms with Crippen LogP contribution in [0.4, 0.5) is 11.4 Å². The number of ether oxygens (including phenoxy) is 1. The molecular formula is C18H27N3O3. The Hall–Kier alpha value is -2.08. The van der Waals surface area contributed by atoms with Crippen LogP contribution in [-0.4, -0.2) is 50.7 Å². The van der Waals surface area contributed by atoms with E-state index in [0.29, 0.717) is 19.8 Å². The fraction of sp³-hybridized carbons (Fsp3) is 0.556. The van der Waals surface area contributed by atoms with Gasteiger partial charge >= 0.3 is 0 Å². The minimum absolute atomic E-state index is 0.0416. The van der Waals surface area contributed by atoms with Gasteiger partial charge in [0, 0.05) is 39.0 Å². The Morgan fingerprint density at radius 2 is 1.92 bits per heavy atom. The summed E-state index contributed by atoms with van der Waals surface area (Å²) in [6.07, 6.45) is 0.287. The Morgan fingerprint density at radius 3 is 2.54 bits per heavy atom. The Morgan fingerprint density at radius 1 is 1.25 bits per heavy atom. The molecule has 1 saturated heterocycles. The first-order chi connectivity index (χ1) is 11.5. The first-order valence-electron chi connectivity index (χ1n) is 8.48. The third-order valence-electron chi connectivity index (χ3n) is 3.92. The largest absolute Gasteiger partial charge is 0.378 e. The topological polar surface area (TPSA) is 61.9 Å². The molecule has 0 unspecified atom stereocenters. The third kappa shape index (κ3) is 4.96. The fourth-order valence-electron chi connectivity index (χ4n) is 2.82. The molecule has 0 bridgehead atoms. The first kappa shape index (κ1) is 18.3. The van der Waals surface area contributed by atoms with Crippen LogP contribution in [0.25, 0.3) is 0 Å². The van der Waals surface area contributed by atoms with E-state index < -0.39 is 0 Å². The number of amides is 2. The Labute approximate surface area is 143 Å². The summed E-state index contributed by atoms with van der Waals surface area (Å²) in [5.74, 6) is -0.104. The molecule has 1 aliphatic rings. The van der Waals surface area contributed by atoms with Crippen molar-refractivity contribution < 1.29 is 14.3 Å². The van der Waals surface area contributed by atoms with Gasteiger partial charge in [0.05, 0.1) is 24.6 Å². The molecule has 2 rings (SSSR count). The highest BCUT2D eigenvalue weighted by atomic mass is 16.5. The second-order valence-corrected chi connectivity index (χ2v) is 6.23. The van der Waals surface area contributed by atoms with Crippen LogP contribution >= 0.6 is 0 Å². The van der Waals surface area contributed by atoms with Crippen LogP contribution in [0.5, 0.6) is 0 Å². The van der Waals surface area contributed by atoms with Gasteiger partial charge < -0.3 is 19.9 Å². The number of benzene rings is 1. The van der Waals surface area contributed by atoms with Gasteiger partial charge in [-0.15, -0.1) is 0 Å². The fourth-order valence-corrected chi connectivity index (χ4v) is 2.82. The molecule has 0 aliphatic carbocycles. The molecule has 0 radical (unpaired) electrons. The molecule has 0 aromatic heterocycles. The van der Waals surface area contributed by atoms with Gasteiger partial charge in [-0.1, -0.05) is 12.1 Å². The highest BCUT2D eigenvalue weighted by molar-refractivity contribution is 5.96. The van der Waals surface area contributed by atoms with Crippen molar-refractivity contribution in [1.29, 1.82) is 0 Å². The zero-order valence-electron chi connectivity index (χ0n) is 14.7. The van der Waals surface area contributed by atoms with Crippen LogP contribution in [-0.2, 0) is 14.3 Å². The van der Waals surface area contributed by atoms with E-state index in [0.717, 1.165) is 24.5 Å². The lowest BCUT2D eigenvalue weighted by molar-refractivity contribution is -0.121. The molecule has 132 valence electrons. The van der Waals surface area contributed by atoms with Crippen LogP contribution in [0.15, 0.2) is 24.3 Å². The van der Waals surface area contributed by atoms with Crippen LogP contribution in [0, 0.1) is 0 Å². The SMILES string of the molecule is CC(=O)N(CCC(=O)NC(C)C)c1ccccc1N1CCOCC1. The van der Waals surface area contributed by atoms with E-state index in [-0.39, 0.29) is 24.3 Å². The normalized spacial score (nSPS) is 14.6. The Kier molecular flexibility index (Phi) is 6.61. The quantitative estimate of drug-likeness (QED) is 0.862. The number of morpholine rings is 1. The summed E-state index contributed by atoms with van der Waals surface area (Å²) in [7, 11) is 0. The maximum atomic E-state index is 12.2. The van der Waals surface area contributed by atoms with Gasteiger partial charge in [-0.3, -0.25) is 9.59 Å². The second-order valence-electron chi connectivity index (χ2n) is 6.23. The summed E-state index contributed by atoms with van der Waals surface area (Å²) in [4.78, 5) is 28.0. The maximum Gasteiger partial charge on any atom is 0.223 e. The van der Waals surface area contributed by atoms with Gasteiger partial charge in [0.25, 0.3) is 0 Å². The summed E-state index contributed by atoms with van der Waals surface area (Å²) in [5.41, 5.74) is 1.87. The van der Waals surface area contributed by atoms with Gasteiger partial charge in [0.15, 0.2) is 0 Å². The smallest absolute Gasteiger partial charge is 0.223 e. The molecule has 0 spiro atoms. The van der Waals surface area contributed by atoms with Gasteiger partial charge in [-0.25, -0.2) is 0 Å². The standard InChI is InChI=1S/C18H27N3O3/c1-14(2)19-18(23)8-9-21(15(3)22)17-7-5-4-6-16(17)20-10-12-24-13-11-20/h4-7,14H,8-13H2,1-3H3,(H,19,23). The third-order valence-corrected chi connectivity index (χ3v) is 3.92. The number of nitrogens with one attached hydrogen (secondary N) is 1. The molecule has 1 aromatic rings. The number of carbonyl (C=O) groups is 2. The number of rotatable bonds is 6. The summed E-state index contributed by atoms with van der Waals surface area (Å²) in [6, 6.07) is 7.95. The molecule has 1 aliphatic heterocycles. The molecule has 1 fully saturated rings.